The summed E-state index contributed by atoms with van der Waals surface area (Å²) in [4.78, 5) is 3.81. The molecule has 0 N–H and O–H groups in total. The Morgan fingerprint density at radius 1 is 1.62 bits per heavy atom. The predicted octanol–water partition coefficient (Wildman–Crippen LogP) is 1.25. The minimum absolute atomic E-state index is 0.0538. The van der Waals surface area contributed by atoms with Gasteiger partial charge in [0, 0.05) is 5.88 Å². The average molecular weight is 241 g/mol. The molecule has 0 saturated heterocycles. The standard InChI is InChI=1S/C6H9ClN2O2S2/c1-4(3-7)13(10,11)6-8-5(2)9-12-6/h4H,3H2,1-2H3. The van der Waals surface area contributed by atoms with Crippen molar-refractivity contribution in [2.24, 2.45) is 0 Å². The molecule has 7 heteroatoms. The van der Waals surface area contributed by atoms with Crippen LogP contribution in [0.1, 0.15) is 12.7 Å². The molecule has 1 heterocycles. The van der Waals surface area contributed by atoms with Gasteiger partial charge < -0.3 is 0 Å². The first-order valence-corrected chi connectivity index (χ1v) is 6.44. The van der Waals surface area contributed by atoms with E-state index in [-0.39, 0.29) is 10.2 Å². The number of hydrogen-bond donors (Lipinski definition) is 0. The summed E-state index contributed by atoms with van der Waals surface area (Å²) in [7, 11) is -3.36. The van der Waals surface area contributed by atoms with Crippen LogP contribution in [0, 0.1) is 6.92 Å². The second kappa shape index (κ2) is 3.89. The van der Waals surface area contributed by atoms with Gasteiger partial charge in [0.15, 0.2) is 0 Å². The maximum absolute atomic E-state index is 11.6. The number of sulfone groups is 1. The SMILES string of the molecule is Cc1nsc(S(=O)(=O)C(C)CCl)n1. The number of aromatic nitrogens is 2. The van der Waals surface area contributed by atoms with Crippen molar-refractivity contribution in [3.8, 4) is 0 Å². The third-order valence-electron chi connectivity index (χ3n) is 1.50. The molecule has 0 aliphatic rings. The highest BCUT2D eigenvalue weighted by atomic mass is 35.5. The van der Waals surface area contributed by atoms with Crippen LogP contribution in [-0.4, -0.2) is 28.9 Å². The van der Waals surface area contributed by atoms with Crippen molar-refractivity contribution in [2.75, 3.05) is 5.88 Å². The maximum atomic E-state index is 11.6. The average Bonchev–Trinajstić information content (AvgIpc) is 2.50. The van der Waals surface area contributed by atoms with E-state index in [1.165, 1.54) is 0 Å². The number of hydrogen-bond acceptors (Lipinski definition) is 5. The Balaban J connectivity index is 3.08. The Morgan fingerprint density at radius 2 is 2.23 bits per heavy atom. The molecule has 1 aromatic rings. The van der Waals surface area contributed by atoms with Gasteiger partial charge in [-0.3, -0.25) is 0 Å². The van der Waals surface area contributed by atoms with E-state index in [0.717, 1.165) is 11.5 Å². The first kappa shape index (κ1) is 10.9. The monoisotopic (exact) mass is 240 g/mol. The van der Waals surface area contributed by atoms with Crippen molar-refractivity contribution in [1.82, 2.24) is 9.36 Å². The summed E-state index contributed by atoms with van der Waals surface area (Å²) in [6.07, 6.45) is 0. The molecule has 0 saturated carbocycles. The lowest BCUT2D eigenvalue weighted by Gasteiger charge is -2.04. The number of nitrogens with zero attached hydrogens (tertiary/aromatic N) is 2. The molecule has 1 aromatic heterocycles. The summed E-state index contributed by atoms with van der Waals surface area (Å²) in [6.45, 7) is 3.21. The first-order valence-electron chi connectivity index (χ1n) is 3.58. The molecule has 74 valence electrons. The molecule has 13 heavy (non-hydrogen) atoms. The van der Waals surface area contributed by atoms with Gasteiger partial charge in [0.2, 0.25) is 14.2 Å². The summed E-state index contributed by atoms with van der Waals surface area (Å²) in [5.41, 5.74) is 0. The van der Waals surface area contributed by atoms with Gasteiger partial charge in [0.05, 0.1) is 5.25 Å². The van der Waals surface area contributed by atoms with E-state index in [4.69, 9.17) is 11.6 Å². The van der Waals surface area contributed by atoms with E-state index in [0.29, 0.717) is 5.82 Å². The van der Waals surface area contributed by atoms with Crippen molar-refractivity contribution in [3.63, 3.8) is 0 Å². The molecular formula is C6H9ClN2O2S2. The van der Waals surface area contributed by atoms with Crippen molar-refractivity contribution < 1.29 is 8.42 Å². The van der Waals surface area contributed by atoms with E-state index >= 15 is 0 Å². The smallest absolute Gasteiger partial charge is 0.221 e. The maximum Gasteiger partial charge on any atom is 0.229 e. The fraction of sp³-hybridized carbons (Fsp3) is 0.667. The minimum atomic E-state index is -3.36. The molecule has 1 rings (SSSR count). The van der Waals surface area contributed by atoms with Gasteiger partial charge in [-0.05, 0) is 25.4 Å². The van der Waals surface area contributed by atoms with Gasteiger partial charge in [0.1, 0.15) is 5.82 Å². The van der Waals surface area contributed by atoms with Crippen LogP contribution < -0.4 is 0 Å². The van der Waals surface area contributed by atoms with E-state index in [1.807, 2.05) is 0 Å². The van der Waals surface area contributed by atoms with Crippen LogP contribution in [-0.2, 0) is 9.84 Å². The zero-order chi connectivity index (χ0) is 10.1. The summed E-state index contributed by atoms with van der Waals surface area (Å²) < 4.78 is 27.1. The lowest BCUT2D eigenvalue weighted by atomic mass is 10.6. The second-order valence-electron chi connectivity index (χ2n) is 2.62. The summed E-state index contributed by atoms with van der Waals surface area (Å²) in [5.74, 6) is 0.548. The van der Waals surface area contributed by atoms with Crippen LogP contribution in [0.2, 0.25) is 0 Å². The largest absolute Gasteiger partial charge is 0.229 e. The Hall–Kier alpha value is -0.200. The number of alkyl halides is 1. The Morgan fingerprint density at radius 3 is 2.62 bits per heavy atom. The summed E-state index contributed by atoms with van der Waals surface area (Å²) in [5, 5.41) is -0.610. The lowest BCUT2D eigenvalue weighted by molar-refractivity contribution is 0.587. The highest BCUT2D eigenvalue weighted by Gasteiger charge is 2.26. The van der Waals surface area contributed by atoms with Gasteiger partial charge in [-0.25, -0.2) is 13.4 Å². The van der Waals surface area contributed by atoms with Crippen LogP contribution in [0.15, 0.2) is 4.34 Å². The molecule has 0 aliphatic heterocycles. The summed E-state index contributed by atoms with van der Waals surface area (Å²) in [6, 6.07) is 0. The third kappa shape index (κ3) is 2.18. The molecule has 0 spiro atoms. The van der Waals surface area contributed by atoms with E-state index in [9.17, 15) is 8.42 Å². The molecule has 0 radical (unpaired) electrons. The molecule has 0 aliphatic carbocycles. The lowest BCUT2D eigenvalue weighted by Crippen LogP contribution is -2.19. The predicted molar refractivity (Wildman–Crippen MR) is 52.0 cm³/mol. The number of aryl methyl sites for hydroxylation is 1. The van der Waals surface area contributed by atoms with Gasteiger partial charge in [-0.2, -0.15) is 4.37 Å². The van der Waals surface area contributed by atoms with Crippen molar-refractivity contribution in [3.05, 3.63) is 5.82 Å². The van der Waals surface area contributed by atoms with Gasteiger partial charge in [-0.15, -0.1) is 11.6 Å². The molecule has 1 unspecified atom stereocenters. The minimum Gasteiger partial charge on any atom is -0.221 e. The van der Waals surface area contributed by atoms with Crippen LogP contribution in [0.4, 0.5) is 0 Å². The highest BCUT2D eigenvalue weighted by molar-refractivity contribution is 7.93. The molecule has 0 bridgehead atoms. The zero-order valence-electron chi connectivity index (χ0n) is 7.19. The number of halogens is 1. The van der Waals surface area contributed by atoms with Crippen LogP contribution in [0.25, 0.3) is 0 Å². The van der Waals surface area contributed by atoms with E-state index < -0.39 is 15.1 Å². The fourth-order valence-corrected chi connectivity index (χ4v) is 3.36. The van der Waals surface area contributed by atoms with Crippen molar-refractivity contribution >= 4 is 33.0 Å². The van der Waals surface area contributed by atoms with E-state index in [2.05, 4.69) is 9.36 Å². The second-order valence-corrected chi connectivity index (χ2v) is 6.22. The molecule has 0 fully saturated rings. The fourth-order valence-electron chi connectivity index (χ4n) is 0.649. The van der Waals surface area contributed by atoms with Gasteiger partial charge in [-0.1, -0.05) is 0 Å². The van der Waals surface area contributed by atoms with Crippen molar-refractivity contribution in [2.45, 2.75) is 23.4 Å². The molecule has 0 aromatic carbocycles. The molecule has 1 atom stereocenters. The highest BCUT2D eigenvalue weighted by Crippen LogP contribution is 2.18. The van der Waals surface area contributed by atoms with Crippen LogP contribution >= 0.6 is 23.1 Å². The Labute approximate surface area is 86.0 Å². The molecule has 0 amide bonds. The normalized spacial score (nSPS) is 14.4. The summed E-state index contributed by atoms with van der Waals surface area (Å²) >= 11 is 6.36. The third-order valence-corrected chi connectivity index (χ3v) is 5.47. The van der Waals surface area contributed by atoms with Crippen LogP contribution in [0.5, 0.6) is 0 Å². The Kier molecular flexibility index (Phi) is 3.26. The van der Waals surface area contributed by atoms with E-state index in [1.54, 1.807) is 13.8 Å². The zero-order valence-corrected chi connectivity index (χ0v) is 9.58. The Bertz CT molecular complexity index is 387. The topological polar surface area (TPSA) is 59.9 Å². The van der Waals surface area contributed by atoms with Gasteiger partial charge >= 0.3 is 0 Å². The number of rotatable bonds is 3. The van der Waals surface area contributed by atoms with Crippen molar-refractivity contribution in [1.29, 1.82) is 0 Å². The first-order chi connectivity index (χ1) is 5.98. The quantitative estimate of drug-likeness (QED) is 0.746. The van der Waals surface area contributed by atoms with Gasteiger partial charge in [0.25, 0.3) is 0 Å². The van der Waals surface area contributed by atoms with Crippen LogP contribution in [0.3, 0.4) is 0 Å². The molecule has 4 nitrogen and oxygen atoms in total. The molecular weight excluding hydrogens is 232 g/mol.